The van der Waals surface area contributed by atoms with Crippen molar-refractivity contribution < 1.29 is 4.74 Å². The molecule has 2 aliphatic heterocycles. The van der Waals surface area contributed by atoms with Gasteiger partial charge in [-0.05, 0) is 58.2 Å². The van der Waals surface area contributed by atoms with Crippen molar-refractivity contribution in [3.05, 3.63) is 0 Å². The molecule has 0 aliphatic carbocycles. The SMILES string of the molecule is CC(C1CCOC1)N(C)CC1CCCNC1. The minimum atomic E-state index is 0.671. The summed E-state index contributed by atoms with van der Waals surface area (Å²) in [5.74, 6) is 1.60. The third kappa shape index (κ3) is 3.19. The van der Waals surface area contributed by atoms with E-state index < -0.39 is 0 Å². The second kappa shape index (κ2) is 5.99. The third-order valence-electron chi connectivity index (χ3n) is 4.29. The van der Waals surface area contributed by atoms with Crippen LogP contribution in [0.5, 0.6) is 0 Å². The molecule has 0 saturated carbocycles. The predicted octanol–water partition coefficient (Wildman–Crippen LogP) is 1.34. The van der Waals surface area contributed by atoms with Crippen molar-refractivity contribution >= 4 is 0 Å². The average molecular weight is 226 g/mol. The van der Waals surface area contributed by atoms with Gasteiger partial charge in [0.25, 0.3) is 0 Å². The molecular weight excluding hydrogens is 200 g/mol. The van der Waals surface area contributed by atoms with Crippen LogP contribution in [-0.2, 0) is 4.74 Å². The smallest absolute Gasteiger partial charge is 0.0509 e. The molecule has 3 atom stereocenters. The zero-order valence-electron chi connectivity index (χ0n) is 10.7. The lowest BCUT2D eigenvalue weighted by Crippen LogP contribution is -2.42. The van der Waals surface area contributed by atoms with Crippen LogP contribution in [0.4, 0.5) is 0 Å². The van der Waals surface area contributed by atoms with E-state index in [1.807, 2.05) is 0 Å². The van der Waals surface area contributed by atoms with Gasteiger partial charge < -0.3 is 15.0 Å². The van der Waals surface area contributed by atoms with Crippen LogP contribution >= 0.6 is 0 Å². The largest absolute Gasteiger partial charge is 0.381 e. The molecule has 1 N–H and O–H groups in total. The fourth-order valence-electron chi connectivity index (χ4n) is 2.95. The molecule has 0 radical (unpaired) electrons. The lowest BCUT2D eigenvalue weighted by molar-refractivity contribution is 0.129. The Kier molecular flexibility index (Phi) is 4.62. The monoisotopic (exact) mass is 226 g/mol. The highest BCUT2D eigenvalue weighted by molar-refractivity contribution is 4.79. The number of nitrogens with zero attached hydrogens (tertiary/aromatic N) is 1. The zero-order chi connectivity index (χ0) is 11.4. The number of rotatable bonds is 4. The molecule has 0 aromatic carbocycles. The van der Waals surface area contributed by atoms with Gasteiger partial charge in [0.1, 0.15) is 0 Å². The van der Waals surface area contributed by atoms with Crippen LogP contribution in [0.25, 0.3) is 0 Å². The van der Waals surface area contributed by atoms with Crippen LogP contribution in [0, 0.1) is 11.8 Å². The van der Waals surface area contributed by atoms with Crippen LogP contribution in [0.3, 0.4) is 0 Å². The summed E-state index contributed by atoms with van der Waals surface area (Å²) in [4.78, 5) is 2.54. The average Bonchev–Trinajstić information content (AvgIpc) is 2.83. The summed E-state index contributed by atoms with van der Waals surface area (Å²) < 4.78 is 5.48. The van der Waals surface area contributed by atoms with E-state index in [1.165, 1.54) is 38.9 Å². The number of piperidine rings is 1. The van der Waals surface area contributed by atoms with Gasteiger partial charge in [0.2, 0.25) is 0 Å². The quantitative estimate of drug-likeness (QED) is 0.783. The van der Waals surface area contributed by atoms with Crippen LogP contribution in [0.1, 0.15) is 26.2 Å². The number of nitrogens with one attached hydrogen (secondary N) is 1. The first kappa shape index (κ1) is 12.3. The van der Waals surface area contributed by atoms with Crippen molar-refractivity contribution in [2.45, 2.75) is 32.2 Å². The standard InChI is InChI=1S/C13H26N2O/c1-11(13-5-7-16-10-13)15(2)9-12-4-3-6-14-8-12/h11-14H,3-10H2,1-2H3. The van der Waals surface area contributed by atoms with Gasteiger partial charge in [-0.1, -0.05) is 0 Å². The summed E-state index contributed by atoms with van der Waals surface area (Å²) in [5.41, 5.74) is 0. The molecule has 94 valence electrons. The van der Waals surface area contributed by atoms with E-state index in [-0.39, 0.29) is 0 Å². The molecule has 2 saturated heterocycles. The molecule has 0 spiro atoms. The molecule has 2 fully saturated rings. The minimum absolute atomic E-state index is 0.671. The summed E-state index contributed by atoms with van der Waals surface area (Å²) in [6.07, 6.45) is 3.99. The Labute approximate surface area is 99.5 Å². The van der Waals surface area contributed by atoms with Crippen molar-refractivity contribution in [2.24, 2.45) is 11.8 Å². The maximum Gasteiger partial charge on any atom is 0.0509 e. The topological polar surface area (TPSA) is 24.5 Å². The summed E-state index contributed by atoms with van der Waals surface area (Å²) in [7, 11) is 2.28. The van der Waals surface area contributed by atoms with Gasteiger partial charge in [-0.25, -0.2) is 0 Å². The van der Waals surface area contributed by atoms with Crippen LogP contribution in [-0.4, -0.2) is 50.8 Å². The van der Waals surface area contributed by atoms with Gasteiger partial charge in [-0.3, -0.25) is 0 Å². The van der Waals surface area contributed by atoms with Crippen LogP contribution in [0.2, 0.25) is 0 Å². The number of ether oxygens (including phenoxy) is 1. The van der Waals surface area contributed by atoms with E-state index in [0.717, 1.165) is 25.0 Å². The van der Waals surface area contributed by atoms with E-state index in [9.17, 15) is 0 Å². The Balaban J connectivity index is 1.74. The molecule has 0 amide bonds. The molecule has 2 aliphatic rings. The minimum Gasteiger partial charge on any atom is -0.381 e. The van der Waals surface area contributed by atoms with Crippen molar-refractivity contribution in [3.63, 3.8) is 0 Å². The first-order chi connectivity index (χ1) is 7.77. The lowest BCUT2D eigenvalue weighted by Gasteiger charge is -2.33. The third-order valence-corrected chi connectivity index (χ3v) is 4.29. The second-order valence-electron chi connectivity index (χ2n) is 5.52. The number of hydrogen-bond donors (Lipinski definition) is 1. The Morgan fingerprint density at radius 2 is 2.31 bits per heavy atom. The molecule has 0 aromatic heterocycles. The first-order valence-corrected chi connectivity index (χ1v) is 6.76. The van der Waals surface area contributed by atoms with Gasteiger partial charge in [0.05, 0.1) is 6.61 Å². The second-order valence-corrected chi connectivity index (χ2v) is 5.52. The van der Waals surface area contributed by atoms with Crippen LogP contribution in [0.15, 0.2) is 0 Å². The van der Waals surface area contributed by atoms with Crippen molar-refractivity contribution in [1.29, 1.82) is 0 Å². The molecule has 16 heavy (non-hydrogen) atoms. The molecule has 2 heterocycles. The summed E-state index contributed by atoms with van der Waals surface area (Å²) in [6.45, 7) is 7.95. The van der Waals surface area contributed by atoms with Gasteiger partial charge in [0.15, 0.2) is 0 Å². The maximum atomic E-state index is 5.48. The van der Waals surface area contributed by atoms with Crippen molar-refractivity contribution in [3.8, 4) is 0 Å². The molecule has 3 heteroatoms. The maximum absolute atomic E-state index is 5.48. The van der Waals surface area contributed by atoms with Crippen molar-refractivity contribution in [2.75, 3.05) is 39.9 Å². The Morgan fingerprint density at radius 1 is 1.44 bits per heavy atom. The highest BCUT2D eigenvalue weighted by Gasteiger charge is 2.26. The van der Waals surface area contributed by atoms with E-state index in [1.54, 1.807) is 0 Å². The van der Waals surface area contributed by atoms with E-state index >= 15 is 0 Å². The van der Waals surface area contributed by atoms with Crippen molar-refractivity contribution in [1.82, 2.24) is 10.2 Å². The summed E-state index contributed by atoms with van der Waals surface area (Å²) in [6, 6.07) is 0.671. The van der Waals surface area contributed by atoms with Gasteiger partial charge in [-0.15, -0.1) is 0 Å². The van der Waals surface area contributed by atoms with Gasteiger partial charge in [0, 0.05) is 19.2 Å². The highest BCUT2D eigenvalue weighted by Crippen LogP contribution is 2.21. The normalized spacial score (nSPS) is 33.2. The molecule has 0 bridgehead atoms. The first-order valence-electron chi connectivity index (χ1n) is 6.76. The molecular formula is C13H26N2O. The van der Waals surface area contributed by atoms with E-state index in [4.69, 9.17) is 4.74 Å². The Hall–Kier alpha value is -0.120. The van der Waals surface area contributed by atoms with E-state index in [0.29, 0.717) is 6.04 Å². The Morgan fingerprint density at radius 3 is 2.94 bits per heavy atom. The fraction of sp³-hybridized carbons (Fsp3) is 1.00. The predicted molar refractivity (Wildman–Crippen MR) is 66.6 cm³/mol. The van der Waals surface area contributed by atoms with Gasteiger partial charge in [-0.2, -0.15) is 0 Å². The zero-order valence-corrected chi connectivity index (χ0v) is 10.7. The summed E-state index contributed by atoms with van der Waals surface area (Å²) in [5, 5.41) is 3.50. The fourth-order valence-corrected chi connectivity index (χ4v) is 2.95. The molecule has 0 aromatic rings. The number of hydrogen-bond acceptors (Lipinski definition) is 3. The molecule has 3 nitrogen and oxygen atoms in total. The van der Waals surface area contributed by atoms with E-state index in [2.05, 4.69) is 24.2 Å². The molecule has 2 rings (SSSR count). The molecule has 3 unspecified atom stereocenters. The highest BCUT2D eigenvalue weighted by atomic mass is 16.5. The summed E-state index contributed by atoms with van der Waals surface area (Å²) >= 11 is 0. The van der Waals surface area contributed by atoms with Gasteiger partial charge >= 0.3 is 0 Å². The Bertz CT molecular complexity index is 198. The lowest BCUT2D eigenvalue weighted by atomic mass is 9.95. The van der Waals surface area contributed by atoms with Crippen LogP contribution < -0.4 is 5.32 Å².